The summed E-state index contributed by atoms with van der Waals surface area (Å²) in [6, 6.07) is 7.58. The van der Waals surface area contributed by atoms with Crippen LogP contribution in [0.2, 0.25) is 5.02 Å². The summed E-state index contributed by atoms with van der Waals surface area (Å²) >= 11 is 5.92. The number of amides is 1. The zero-order valence-electron chi connectivity index (χ0n) is 13.0. The first kappa shape index (κ1) is 16.9. The van der Waals surface area contributed by atoms with Crippen molar-refractivity contribution in [2.24, 2.45) is 0 Å². The van der Waals surface area contributed by atoms with Crippen LogP contribution in [-0.2, 0) is 21.4 Å². The van der Waals surface area contributed by atoms with Crippen molar-refractivity contribution in [3.8, 4) is 0 Å². The van der Waals surface area contributed by atoms with Gasteiger partial charge in [-0.2, -0.15) is 9.40 Å². The maximum absolute atomic E-state index is 12.9. The summed E-state index contributed by atoms with van der Waals surface area (Å²) in [7, 11) is -2.15. The van der Waals surface area contributed by atoms with Crippen LogP contribution in [0.25, 0.3) is 0 Å². The number of carbonyl (C=O) groups excluding carboxylic acids is 1. The van der Waals surface area contributed by atoms with E-state index in [9.17, 15) is 13.2 Å². The molecular weight excluding hydrogens is 352 g/mol. The first-order chi connectivity index (χ1) is 11.4. The van der Waals surface area contributed by atoms with Gasteiger partial charge in [-0.1, -0.05) is 17.7 Å². The van der Waals surface area contributed by atoms with Gasteiger partial charge in [0.05, 0.1) is 29.6 Å². The van der Waals surface area contributed by atoms with E-state index < -0.39 is 10.0 Å². The Morgan fingerprint density at radius 3 is 2.92 bits per heavy atom. The van der Waals surface area contributed by atoms with Gasteiger partial charge in [0.2, 0.25) is 15.9 Å². The highest BCUT2D eigenvalue weighted by Gasteiger charge is 2.34. The fourth-order valence-corrected chi connectivity index (χ4v) is 4.53. The molecule has 24 heavy (non-hydrogen) atoms. The molecule has 0 unspecified atom stereocenters. The van der Waals surface area contributed by atoms with Crippen molar-refractivity contribution in [3.63, 3.8) is 0 Å². The quantitative estimate of drug-likeness (QED) is 0.884. The molecule has 1 aromatic carbocycles. The first-order valence-electron chi connectivity index (χ1n) is 7.40. The summed E-state index contributed by atoms with van der Waals surface area (Å²) in [6.45, 7) is 0.385. The molecule has 9 heteroatoms. The van der Waals surface area contributed by atoms with Gasteiger partial charge in [-0.25, -0.2) is 8.42 Å². The lowest BCUT2D eigenvalue weighted by Gasteiger charge is -2.32. The van der Waals surface area contributed by atoms with Gasteiger partial charge in [0, 0.05) is 24.8 Å². The maximum atomic E-state index is 12.9. The average molecular weight is 369 g/mol. The molecule has 0 saturated heterocycles. The number of hydrogen-bond acceptors (Lipinski definition) is 4. The van der Waals surface area contributed by atoms with Crippen LogP contribution in [0.4, 0.5) is 0 Å². The minimum Gasteiger partial charge on any atom is -0.359 e. The SMILES string of the molecule is CNC(=O)C[C@@H]1CN(S(=O)(=O)c2cccc(Cl)c2)Cc2ccnn21. The Morgan fingerprint density at radius 1 is 1.42 bits per heavy atom. The zero-order valence-corrected chi connectivity index (χ0v) is 14.6. The number of nitrogens with zero attached hydrogens (tertiary/aromatic N) is 3. The zero-order chi connectivity index (χ0) is 17.3. The van der Waals surface area contributed by atoms with E-state index in [2.05, 4.69) is 10.4 Å². The molecule has 0 saturated carbocycles. The van der Waals surface area contributed by atoms with Crippen LogP contribution in [0.3, 0.4) is 0 Å². The van der Waals surface area contributed by atoms with E-state index in [0.29, 0.717) is 5.02 Å². The summed E-state index contributed by atoms with van der Waals surface area (Å²) in [4.78, 5) is 11.9. The molecule has 1 aliphatic heterocycles. The molecular formula is C15H17ClN4O3S. The summed E-state index contributed by atoms with van der Waals surface area (Å²) in [6.07, 6.45) is 1.77. The van der Waals surface area contributed by atoms with Crippen molar-refractivity contribution in [2.45, 2.75) is 23.9 Å². The number of benzene rings is 1. The maximum Gasteiger partial charge on any atom is 0.243 e. The highest BCUT2D eigenvalue weighted by atomic mass is 35.5. The summed E-state index contributed by atoms with van der Waals surface area (Å²) in [5.41, 5.74) is 0.751. The van der Waals surface area contributed by atoms with Crippen molar-refractivity contribution in [3.05, 3.63) is 47.2 Å². The normalized spacial score (nSPS) is 18.2. The summed E-state index contributed by atoms with van der Waals surface area (Å²) in [5.74, 6) is -0.163. The minimum atomic E-state index is -3.70. The van der Waals surface area contributed by atoms with Crippen molar-refractivity contribution >= 4 is 27.5 Å². The lowest BCUT2D eigenvalue weighted by Crippen LogP contribution is -2.42. The Kier molecular flexibility index (Phi) is 4.62. The molecule has 1 N–H and O–H groups in total. The Morgan fingerprint density at radius 2 is 2.21 bits per heavy atom. The lowest BCUT2D eigenvalue weighted by atomic mass is 10.1. The van der Waals surface area contributed by atoms with Gasteiger partial charge in [0.1, 0.15) is 0 Å². The van der Waals surface area contributed by atoms with E-state index in [0.717, 1.165) is 5.69 Å². The predicted octanol–water partition coefficient (Wildman–Crippen LogP) is 1.42. The summed E-state index contributed by atoms with van der Waals surface area (Å²) in [5, 5.41) is 7.15. The van der Waals surface area contributed by atoms with Gasteiger partial charge in [0.15, 0.2) is 0 Å². The highest BCUT2D eigenvalue weighted by molar-refractivity contribution is 7.89. The lowest BCUT2D eigenvalue weighted by molar-refractivity contribution is -0.121. The standard InChI is InChI=1S/C15H17ClN4O3S/c1-17-15(21)8-13-10-19(9-12-5-6-18-20(12)13)24(22,23)14-4-2-3-11(16)7-14/h2-7,13H,8-10H2,1H3,(H,17,21)/t13-/m1/s1. The first-order valence-corrected chi connectivity index (χ1v) is 9.22. The average Bonchev–Trinajstić information content (AvgIpc) is 3.03. The van der Waals surface area contributed by atoms with Crippen LogP contribution < -0.4 is 5.32 Å². The van der Waals surface area contributed by atoms with Crippen LogP contribution in [0.15, 0.2) is 41.4 Å². The van der Waals surface area contributed by atoms with Crippen molar-refractivity contribution in [1.82, 2.24) is 19.4 Å². The second kappa shape index (κ2) is 6.54. The highest BCUT2D eigenvalue weighted by Crippen LogP contribution is 2.28. The molecule has 0 radical (unpaired) electrons. The third-order valence-corrected chi connectivity index (χ3v) is 6.03. The van der Waals surface area contributed by atoms with Gasteiger partial charge < -0.3 is 5.32 Å². The summed E-state index contributed by atoms with van der Waals surface area (Å²) < 4.78 is 28.9. The Hall–Kier alpha value is -1.90. The smallest absolute Gasteiger partial charge is 0.243 e. The van der Waals surface area contributed by atoms with E-state index in [4.69, 9.17) is 11.6 Å². The second-order valence-corrected chi connectivity index (χ2v) is 7.93. The molecule has 1 aliphatic rings. The number of nitrogens with one attached hydrogen (secondary N) is 1. The number of rotatable bonds is 4. The van der Waals surface area contributed by atoms with Crippen LogP contribution >= 0.6 is 11.6 Å². The monoisotopic (exact) mass is 368 g/mol. The van der Waals surface area contributed by atoms with Gasteiger partial charge in [-0.15, -0.1) is 0 Å². The number of fused-ring (bicyclic) bond motifs is 1. The molecule has 2 heterocycles. The molecule has 0 fully saturated rings. The van der Waals surface area contributed by atoms with Crippen molar-refractivity contribution in [1.29, 1.82) is 0 Å². The molecule has 0 aliphatic carbocycles. The Labute approximate surface area is 145 Å². The number of carbonyl (C=O) groups is 1. The molecule has 1 amide bonds. The van der Waals surface area contributed by atoms with Gasteiger partial charge in [-0.05, 0) is 24.3 Å². The molecule has 1 atom stereocenters. The van der Waals surface area contributed by atoms with Crippen LogP contribution in [0.5, 0.6) is 0 Å². The van der Waals surface area contributed by atoms with Crippen LogP contribution in [0, 0.1) is 0 Å². The van der Waals surface area contributed by atoms with Gasteiger partial charge in [0.25, 0.3) is 0 Å². The van der Waals surface area contributed by atoms with E-state index >= 15 is 0 Å². The third kappa shape index (κ3) is 3.17. The van der Waals surface area contributed by atoms with Gasteiger partial charge >= 0.3 is 0 Å². The van der Waals surface area contributed by atoms with E-state index in [1.54, 1.807) is 36.1 Å². The topological polar surface area (TPSA) is 84.3 Å². The number of sulfonamides is 1. The fourth-order valence-electron chi connectivity index (χ4n) is 2.78. The van der Waals surface area contributed by atoms with E-state index in [1.807, 2.05) is 0 Å². The van der Waals surface area contributed by atoms with E-state index in [-0.39, 0.29) is 36.4 Å². The molecule has 2 aromatic rings. The Bertz CT molecular complexity index is 865. The predicted molar refractivity (Wildman–Crippen MR) is 89.0 cm³/mol. The largest absolute Gasteiger partial charge is 0.359 e. The molecule has 0 bridgehead atoms. The second-order valence-electron chi connectivity index (χ2n) is 5.55. The number of hydrogen-bond donors (Lipinski definition) is 1. The third-order valence-electron chi connectivity index (χ3n) is 3.98. The molecule has 7 nitrogen and oxygen atoms in total. The molecule has 1 aromatic heterocycles. The molecule has 128 valence electrons. The van der Waals surface area contributed by atoms with Crippen LogP contribution in [0.1, 0.15) is 18.2 Å². The molecule has 0 spiro atoms. The van der Waals surface area contributed by atoms with Crippen molar-refractivity contribution in [2.75, 3.05) is 13.6 Å². The Balaban J connectivity index is 1.94. The molecule has 3 rings (SSSR count). The van der Waals surface area contributed by atoms with Crippen molar-refractivity contribution < 1.29 is 13.2 Å². The number of aromatic nitrogens is 2. The van der Waals surface area contributed by atoms with Crippen LogP contribution in [-0.4, -0.2) is 42.0 Å². The van der Waals surface area contributed by atoms with Gasteiger partial charge in [-0.3, -0.25) is 9.48 Å². The van der Waals surface area contributed by atoms with E-state index in [1.165, 1.54) is 16.4 Å². The number of halogens is 1. The minimum absolute atomic E-state index is 0.140. The fraction of sp³-hybridized carbons (Fsp3) is 0.333.